The van der Waals surface area contributed by atoms with Crippen LogP contribution in [0.5, 0.6) is 5.75 Å². The number of anilines is 2. The fraction of sp³-hybridized carbons (Fsp3) is 0.0833. The second-order valence-corrected chi connectivity index (χ2v) is 3.67. The van der Waals surface area contributed by atoms with Crippen molar-refractivity contribution in [2.24, 2.45) is 0 Å². The van der Waals surface area contributed by atoms with Gasteiger partial charge in [-0.2, -0.15) is 0 Å². The molecule has 0 spiro atoms. The number of hydrogen-bond acceptors (Lipinski definition) is 4. The highest BCUT2D eigenvalue weighted by atomic mass is 19.4. The minimum absolute atomic E-state index is 0.0894. The molecular formula is C12H8F3NO4. The number of aromatic carboxylic acids is 1. The van der Waals surface area contributed by atoms with Crippen molar-refractivity contribution in [3.8, 4) is 5.75 Å². The van der Waals surface area contributed by atoms with Gasteiger partial charge in [-0.25, -0.2) is 4.79 Å². The molecule has 106 valence electrons. The third kappa shape index (κ3) is 3.67. The molecule has 1 heterocycles. The molecule has 0 radical (unpaired) electrons. The minimum Gasteiger partial charge on any atom is -0.475 e. The average Bonchev–Trinajstić information content (AvgIpc) is 2.75. The number of furan rings is 1. The number of carboxylic acids is 1. The highest BCUT2D eigenvalue weighted by Crippen LogP contribution is 2.27. The van der Waals surface area contributed by atoms with Crippen LogP contribution in [-0.4, -0.2) is 17.4 Å². The molecule has 1 aromatic carbocycles. The Balaban J connectivity index is 2.13. The zero-order chi connectivity index (χ0) is 14.8. The van der Waals surface area contributed by atoms with Crippen molar-refractivity contribution < 1.29 is 32.2 Å². The predicted molar refractivity (Wildman–Crippen MR) is 62.1 cm³/mol. The van der Waals surface area contributed by atoms with Crippen molar-refractivity contribution in [2.75, 3.05) is 5.32 Å². The Morgan fingerprint density at radius 1 is 1.25 bits per heavy atom. The number of carboxylic acid groups (broad SMARTS) is 1. The van der Waals surface area contributed by atoms with Crippen LogP contribution in [0.3, 0.4) is 0 Å². The molecule has 0 unspecified atom stereocenters. The van der Waals surface area contributed by atoms with Crippen molar-refractivity contribution in [3.05, 3.63) is 42.2 Å². The smallest absolute Gasteiger partial charge is 0.475 e. The number of halogens is 3. The maximum absolute atomic E-state index is 12.1. The third-order valence-corrected chi connectivity index (χ3v) is 2.15. The van der Waals surface area contributed by atoms with Gasteiger partial charge >= 0.3 is 12.3 Å². The summed E-state index contributed by atoms with van der Waals surface area (Å²) in [6, 6.07) is 7.65. The third-order valence-electron chi connectivity index (χ3n) is 2.15. The van der Waals surface area contributed by atoms with E-state index in [1.54, 1.807) is 0 Å². The summed E-state index contributed by atoms with van der Waals surface area (Å²) in [6.07, 6.45) is -4.78. The minimum atomic E-state index is -4.78. The molecule has 2 aromatic rings. The normalized spacial score (nSPS) is 11.2. The van der Waals surface area contributed by atoms with Crippen molar-refractivity contribution >= 4 is 17.5 Å². The van der Waals surface area contributed by atoms with Gasteiger partial charge in [-0.05, 0) is 18.2 Å². The van der Waals surface area contributed by atoms with E-state index in [2.05, 4.69) is 10.1 Å². The van der Waals surface area contributed by atoms with E-state index in [9.17, 15) is 18.0 Å². The second kappa shape index (κ2) is 5.16. The topological polar surface area (TPSA) is 71.7 Å². The first-order chi connectivity index (χ1) is 9.33. The second-order valence-electron chi connectivity index (χ2n) is 3.67. The number of hydrogen-bond donors (Lipinski definition) is 2. The zero-order valence-electron chi connectivity index (χ0n) is 9.77. The van der Waals surface area contributed by atoms with E-state index in [0.29, 0.717) is 0 Å². The van der Waals surface area contributed by atoms with Crippen LogP contribution in [0, 0.1) is 0 Å². The lowest BCUT2D eigenvalue weighted by molar-refractivity contribution is -0.274. The van der Waals surface area contributed by atoms with Gasteiger partial charge in [0, 0.05) is 17.8 Å². The van der Waals surface area contributed by atoms with E-state index in [4.69, 9.17) is 9.52 Å². The first kappa shape index (κ1) is 13.8. The SMILES string of the molecule is O=C(O)c1ccc(Nc2cccc(OC(F)(F)F)c2)o1. The molecule has 0 bridgehead atoms. The van der Waals surface area contributed by atoms with Gasteiger partial charge in [-0.1, -0.05) is 6.07 Å². The molecule has 2 N–H and O–H groups in total. The van der Waals surface area contributed by atoms with E-state index < -0.39 is 18.1 Å². The van der Waals surface area contributed by atoms with Crippen LogP contribution in [0.25, 0.3) is 0 Å². The highest BCUT2D eigenvalue weighted by molar-refractivity contribution is 5.85. The lowest BCUT2D eigenvalue weighted by Crippen LogP contribution is -2.17. The van der Waals surface area contributed by atoms with Crippen LogP contribution < -0.4 is 10.1 Å². The molecule has 2 rings (SSSR count). The Labute approximate surface area is 110 Å². The predicted octanol–water partition coefficient (Wildman–Crippen LogP) is 3.62. The van der Waals surface area contributed by atoms with Crippen LogP contribution >= 0.6 is 0 Å². The van der Waals surface area contributed by atoms with Gasteiger partial charge in [0.05, 0.1) is 0 Å². The Kier molecular flexibility index (Phi) is 3.55. The fourth-order valence-electron chi connectivity index (χ4n) is 1.43. The van der Waals surface area contributed by atoms with Crippen molar-refractivity contribution in [3.63, 3.8) is 0 Å². The summed E-state index contributed by atoms with van der Waals surface area (Å²) in [5.74, 6) is -1.83. The van der Waals surface area contributed by atoms with Crippen molar-refractivity contribution in [2.45, 2.75) is 6.36 Å². The number of rotatable bonds is 4. The lowest BCUT2D eigenvalue weighted by atomic mass is 10.3. The van der Waals surface area contributed by atoms with E-state index in [0.717, 1.165) is 12.1 Å². The van der Waals surface area contributed by atoms with Crippen LogP contribution in [0.15, 0.2) is 40.8 Å². The summed E-state index contributed by atoms with van der Waals surface area (Å²) in [5.41, 5.74) is 0.262. The lowest BCUT2D eigenvalue weighted by Gasteiger charge is -2.10. The Morgan fingerprint density at radius 2 is 2.00 bits per heavy atom. The zero-order valence-corrected chi connectivity index (χ0v) is 9.77. The quantitative estimate of drug-likeness (QED) is 0.898. The first-order valence-corrected chi connectivity index (χ1v) is 5.29. The molecular weight excluding hydrogens is 279 g/mol. The van der Waals surface area contributed by atoms with Crippen LogP contribution in [-0.2, 0) is 0 Å². The summed E-state index contributed by atoms with van der Waals surface area (Å²) >= 11 is 0. The van der Waals surface area contributed by atoms with Gasteiger partial charge in [-0.15, -0.1) is 13.2 Å². The maximum atomic E-state index is 12.1. The monoisotopic (exact) mass is 287 g/mol. The van der Waals surface area contributed by atoms with Gasteiger partial charge in [0.25, 0.3) is 0 Å². The summed E-state index contributed by atoms with van der Waals surface area (Å²) in [6.45, 7) is 0. The van der Waals surface area contributed by atoms with Gasteiger partial charge in [-0.3, -0.25) is 0 Å². The van der Waals surface area contributed by atoms with Crippen molar-refractivity contribution in [1.82, 2.24) is 0 Å². The standard InChI is InChI=1S/C12H8F3NO4/c13-12(14,15)20-8-3-1-2-7(6-8)16-10-5-4-9(19-10)11(17)18/h1-6,16H,(H,17,18). The molecule has 20 heavy (non-hydrogen) atoms. The highest BCUT2D eigenvalue weighted by Gasteiger charge is 2.31. The van der Waals surface area contributed by atoms with Crippen molar-refractivity contribution in [1.29, 1.82) is 0 Å². The molecule has 5 nitrogen and oxygen atoms in total. The van der Waals surface area contributed by atoms with E-state index in [1.807, 2.05) is 0 Å². The summed E-state index contributed by atoms with van der Waals surface area (Å²) < 4.78 is 44.9. The van der Waals surface area contributed by atoms with Gasteiger partial charge in [0.1, 0.15) is 5.75 Å². The van der Waals surface area contributed by atoms with E-state index in [-0.39, 0.29) is 17.3 Å². The summed E-state index contributed by atoms with van der Waals surface area (Å²) in [4.78, 5) is 10.6. The number of carbonyl (C=O) groups is 1. The first-order valence-electron chi connectivity index (χ1n) is 5.29. The molecule has 0 atom stereocenters. The molecule has 0 aliphatic heterocycles. The Hall–Kier alpha value is -2.64. The summed E-state index contributed by atoms with van der Waals surface area (Å²) in [5, 5.41) is 11.3. The number of ether oxygens (including phenoxy) is 1. The maximum Gasteiger partial charge on any atom is 0.573 e. The molecule has 0 fully saturated rings. The fourth-order valence-corrected chi connectivity index (χ4v) is 1.43. The molecule has 0 aliphatic carbocycles. The van der Waals surface area contributed by atoms with Crippen LogP contribution in [0.1, 0.15) is 10.6 Å². The Bertz CT molecular complexity index is 621. The van der Waals surface area contributed by atoms with E-state index in [1.165, 1.54) is 24.3 Å². The van der Waals surface area contributed by atoms with Crippen LogP contribution in [0.2, 0.25) is 0 Å². The van der Waals surface area contributed by atoms with Gasteiger partial charge < -0.3 is 19.6 Å². The Morgan fingerprint density at radius 3 is 2.60 bits per heavy atom. The molecule has 0 saturated heterocycles. The number of benzene rings is 1. The average molecular weight is 287 g/mol. The molecule has 0 amide bonds. The largest absolute Gasteiger partial charge is 0.573 e. The molecule has 0 aliphatic rings. The molecule has 1 aromatic heterocycles. The van der Waals surface area contributed by atoms with Gasteiger partial charge in [0.2, 0.25) is 5.76 Å². The van der Waals surface area contributed by atoms with Crippen LogP contribution in [0.4, 0.5) is 24.7 Å². The molecule has 0 saturated carbocycles. The molecule has 8 heteroatoms. The summed E-state index contributed by atoms with van der Waals surface area (Å²) in [7, 11) is 0. The van der Waals surface area contributed by atoms with E-state index >= 15 is 0 Å². The number of nitrogens with one attached hydrogen (secondary N) is 1. The van der Waals surface area contributed by atoms with Gasteiger partial charge in [0.15, 0.2) is 5.88 Å². The number of alkyl halides is 3.